The summed E-state index contributed by atoms with van der Waals surface area (Å²) in [4.78, 5) is 0. The van der Waals surface area contributed by atoms with Gasteiger partial charge in [-0.15, -0.1) is 0 Å². The summed E-state index contributed by atoms with van der Waals surface area (Å²) in [5.74, 6) is -2.26. The lowest BCUT2D eigenvalue weighted by atomic mass is 10.6. The fourth-order valence-electron chi connectivity index (χ4n) is 0. The normalized spacial score (nSPS) is 10.0. The maximum atomic E-state index is 10.9. The van der Waals surface area contributed by atoms with E-state index in [1.807, 2.05) is 6.58 Å². The van der Waals surface area contributed by atoms with E-state index < -0.39 is 12.0 Å². The Bertz CT molecular complexity index is 83.8. The van der Waals surface area contributed by atoms with Gasteiger partial charge in [-0.25, -0.2) is 4.39 Å². The second kappa shape index (κ2) is 2.66. The molecular formula is C3H5F4N. The highest BCUT2D eigenvalue weighted by Gasteiger charge is 2.32. The molecule has 0 aliphatic heterocycles. The highest BCUT2D eigenvalue weighted by Crippen LogP contribution is 2.23. The summed E-state index contributed by atoms with van der Waals surface area (Å²) in [5, 5.41) is 0. The third-order valence-corrected chi connectivity index (χ3v) is 0.308. The first-order chi connectivity index (χ1) is 2.94. The number of hydrogen-bond donors (Lipinski definition) is 1. The molecule has 0 aromatic carbocycles. The van der Waals surface area contributed by atoms with Crippen LogP contribution in [0.3, 0.4) is 0 Å². The largest absolute Gasteiger partial charge is 0.442 e. The molecule has 0 saturated carbocycles. The Morgan fingerprint density at radius 3 is 1.38 bits per heavy atom. The fraction of sp³-hybridized carbons (Fsp3) is 0.333. The summed E-state index contributed by atoms with van der Waals surface area (Å²) < 4.78 is 43.0. The maximum absolute atomic E-state index is 10.9. The summed E-state index contributed by atoms with van der Waals surface area (Å²) in [6.07, 6.45) is -4.86. The number of halogens is 4. The van der Waals surface area contributed by atoms with E-state index >= 15 is 0 Å². The van der Waals surface area contributed by atoms with Gasteiger partial charge in [-0.1, -0.05) is 6.58 Å². The number of hydrogen-bond acceptors (Lipinski definition) is 1. The van der Waals surface area contributed by atoms with Gasteiger partial charge in [-0.2, -0.15) is 13.2 Å². The minimum absolute atomic E-state index is 0. The van der Waals surface area contributed by atoms with Crippen LogP contribution in [0.1, 0.15) is 0 Å². The Labute approximate surface area is 43.6 Å². The van der Waals surface area contributed by atoms with Crippen LogP contribution in [0.5, 0.6) is 0 Å². The molecule has 0 saturated heterocycles. The van der Waals surface area contributed by atoms with Gasteiger partial charge in [0.2, 0.25) is 0 Å². The van der Waals surface area contributed by atoms with E-state index in [-0.39, 0.29) is 6.15 Å². The predicted molar refractivity (Wildman–Crippen MR) is 21.3 cm³/mol. The fourth-order valence-corrected chi connectivity index (χ4v) is 0. The summed E-state index contributed by atoms with van der Waals surface area (Å²) in [7, 11) is 0. The smallest absolute Gasteiger partial charge is 0.344 e. The van der Waals surface area contributed by atoms with E-state index in [1.165, 1.54) is 0 Å². The summed E-state index contributed by atoms with van der Waals surface area (Å²) >= 11 is 0. The summed E-state index contributed by atoms with van der Waals surface area (Å²) in [6, 6.07) is 0. The van der Waals surface area contributed by atoms with Crippen LogP contribution in [0.25, 0.3) is 0 Å². The van der Waals surface area contributed by atoms with E-state index in [4.69, 9.17) is 0 Å². The molecule has 0 fully saturated rings. The summed E-state index contributed by atoms with van der Waals surface area (Å²) in [6.45, 7) is 2.03. The van der Waals surface area contributed by atoms with E-state index in [1.54, 1.807) is 0 Å². The zero-order chi connectivity index (χ0) is 6.08. The third kappa shape index (κ3) is 3.60. The lowest BCUT2D eigenvalue weighted by Gasteiger charge is -1.97. The molecule has 50 valence electrons. The Morgan fingerprint density at radius 1 is 1.25 bits per heavy atom. The molecule has 0 heterocycles. The standard InChI is InChI=1S/C3H2F4.H3N/c1-2(4)3(5,6)7;/h1H2;1H3. The van der Waals surface area contributed by atoms with E-state index in [0.29, 0.717) is 0 Å². The molecular weight excluding hydrogens is 126 g/mol. The Balaban J connectivity index is 0. The molecule has 0 aliphatic rings. The van der Waals surface area contributed by atoms with Crippen molar-refractivity contribution in [2.75, 3.05) is 0 Å². The Kier molecular flexibility index (Phi) is 3.46. The average Bonchev–Trinajstić information content (AvgIpc) is 1.31. The van der Waals surface area contributed by atoms with Crippen LogP contribution >= 0.6 is 0 Å². The molecule has 8 heavy (non-hydrogen) atoms. The first-order valence-corrected chi connectivity index (χ1v) is 1.36. The van der Waals surface area contributed by atoms with Crippen LogP contribution in [-0.4, -0.2) is 6.18 Å². The SMILES string of the molecule is C=C(F)C(F)(F)F.N. The molecule has 0 bridgehead atoms. The van der Waals surface area contributed by atoms with E-state index in [2.05, 4.69) is 0 Å². The van der Waals surface area contributed by atoms with Gasteiger partial charge in [0, 0.05) is 0 Å². The van der Waals surface area contributed by atoms with Crippen molar-refractivity contribution in [3.8, 4) is 0 Å². The molecule has 0 aromatic heterocycles. The molecule has 3 N–H and O–H groups in total. The van der Waals surface area contributed by atoms with Gasteiger partial charge >= 0.3 is 6.18 Å². The topological polar surface area (TPSA) is 35.0 Å². The zero-order valence-corrected chi connectivity index (χ0v) is 3.93. The molecule has 0 spiro atoms. The molecule has 0 amide bonds. The van der Waals surface area contributed by atoms with E-state index in [0.717, 1.165) is 0 Å². The van der Waals surface area contributed by atoms with Gasteiger partial charge in [0.15, 0.2) is 5.83 Å². The number of alkyl halides is 3. The van der Waals surface area contributed by atoms with Crippen molar-refractivity contribution >= 4 is 0 Å². The van der Waals surface area contributed by atoms with Gasteiger partial charge in [0.25, 0.3) is 0 Å². The molecule has 0 rings (SSSR count). The lowest BCUT2D eigenvalue weighted by molar-refractivity contribution is -0.108. The van der Waals surface area contributed by atoms with E-state index in [9.17, 15) is 17.6 Å². The van der Waals surface area contributed by atoms with Crippen molar-refractivity contribution in [3.63, 3.8) is 0 Å². The first kappa shape index (κ1) is 10.4. The van der Waals surface area contributed by atoms with Crippen molar-refractivity contribution in [2.24, 2.45) is 0 Å². The van der Waals surface area contributed by atoms with Crippen LogP contribution in [0.15, 0.2) is 12.4 Å². The Morgan fingerprint density at radius 2 is 1.38 bits per heavy atom. The number of allylic oxidation sites excluding steroid dienone is 1. The molecule has 1 nitrogen and oxygen atoms in total. The van der Waals surface area contributed by atoms with Crippen molar-refractivity contribution < 1.29 is 17.6 Å². The van der Waals surface area contributed by atoms with Crippen molar-refractivity contribution in [3.05, 3.63) is 12.4 Å². The third-order valence-electron chi connectivity index (χ3n) is 0.308. The quantitative estimate of drug-likeness (QED) is 0.502. The van der Waals surface area contributed by atoms with Gasteiger partial charge in [0.05, 0.1) is 0 Å². The van der Waals surface area contributed by atoms with Crippen LogP contribution in [-0.2, 0) is 0 Å². The highest BCUT2D eigenvalue weighted by atomic mass is 19.4. The second-order valence-electron chi connectivity index (χ2n) is 0.903. The maximum Gasteiger partial charge on any atom is 0.442 e. The van der Waals surface area contributed by atoms with Gasteiger partial charge in [-0.05, 0) is 0 Å². The van der Waals surface area contributed by atoms with Crippen molar-refractivity contribution in [1.82, 2.24) is 6.15 Å². The van der Waals surface area contributed by atoms with Gasteiger partial charge in [-0.3, -0.25) is 0 Å². The monoisotopic (exact) mass is 131 g/mol. The highest BCUT2D eigenvalue weighted by molar-refractivity contribution is 4.88. The Hall–Kier alpha value is -0.580. The average molecular weight is 131 g/mol. The van der Waals surface area contributed by atoms with Gasteiger partial charge < -0.3 is 6.15 Å². The summed E-state index contributed by atoms with van der Waals surface area (Å²) in [5.41, 5.74) is 0. The number of rotatable bonds is 0. The van der Waals surface area contributed by atoms with Gasteiger partial charge in [0.1, 0.15) is 0 Å². The predicted octanol–water partition coefficient (Wildman–Crippen LogP) is 2.19. The minimum atomic E-state index is -4.86. The first-order valence-electron chi connectivity index (χ1n) is 1.36. The molecule has 0 unspecified atom stereocenters. The van der Waals surface area contributed by atoms with Crippen LogP contribution in [0, 0.1) is 0 Å². The van der Waals surface area contributed by atoms with Crippen molar-refractivity contribution in [1.29, 1.82) is 0 Å². The minimum Gasteiger partial charge on any atom is -0.344 e. The molecule has 5 heteroatoms. The molecule has 0 aliphatic carbocycles. The molecule has 0 atom stereocenters. The molecule has 0 radical (unpaired) electrons. The zero-order valence-electron chi connectivity index (χ0n) is 3.93. The van der Waals surface area contributed by atoms with Crippen LogP contribution in [0.2, 0.25) is 0 Å². The van der Waals surface area contributed by atoms with Crippen LogP contribution in [0.4, 0.5) is 17.6 Å². The van der Waals surface area contributed by atoms with Crippen molar-refractivity contribution in [2.45, 2.75) is 6.18 Å². The lowest BCUT2D eigenvalue weighted by Crippen LogP contribution is -2.05. The molecule has 0 aromatic rings. The second-order valence-corrected chi connectivity index (χ2v) is 0.903. The van der Waals surface area contributed by atoms with Crippen LogP contribution < -0.4 is 6.15 Å².